The fourth-order valence-electron chi connectivity index (χ4n) is 5.91. The van der Waals surface area contributed by atoms with Gasteiger partial charge in [-0.05, 0) is 37.7 Å². The number of likely N-dealkylation sites (N-methyl/N-ethyl adjacent to an activating group) is 1. The number of β-lactam (4-membered cyclic amide) rings is 1. The molecule has 3 atom stereocenters. The summed E-state index contributed by atoms with van der Waals surface area (Å²) in [6.07, 6.45) is 0. The molecule has 0 unspecified atom stereocenters. The van der Waals surface area contributed by atoms with E-state index in [0.717, 1.165) is 5.56 Å². The Balaban J connectivity index is 1.79. The van der Waals surface area contributed by atoms with Crippen LogP contribution in [0.3, 0.4) is 0 Å². The van der Waals surface area contributed by atoms with E-state index >= 15 is 0 Å². The topological polar surface area (TPSA) is 110 Å². The number of hydrogen-bond donors (Lipinski definition) is 2. The summed E-state index contributed by atoms with van der Waals surface area (Å²) < 4.78 is 24.1. The summed E-state index contributed by atoms with van der Waals surface area (Å²) in [5, 5.41) is 14.6. The number of phenols is 1. The molecular formula is C32H47N3O7Si. The molecule has 0 aromatic heterocycles. The molecule has 2 aromatic carbocycles. The van der Waals surface area contributed by atoms with E-state index < -0.39 is 26.4 Å². The number of likely N-dealkylation sites (tertiary alicyclic amines) is 1. The van der Waals surface area contributed by atoms with Crippen LogP contribution < -0.4 is 14.8 Å². The molecule has 236 valence electrons. The summed E-state index contributed by atoms with van der Waals surface area (Å²) in [7, 11) is 2.69. The largest absolute Gasteiger partial charge is 0.504 e. The summed E-state index contributed by atoms with van der Waals surface area (Å²) in [6, 6.07) is 7.67. The van der Waals surface area contributed by atoms with Gasteiger partial charge in [0.15, 0.2) is 19.8 Å². The second-order valence-corrected chi connectivity index (χ2v) is 17.6. The fourth-order valence-corrected chi connectivity index (χ4v) is 6.94. The Hall–Kier alpha value is -3.12. The lowest BCUT2D eigenvalue weighted by molar-refractivity contribution is -0.174. The van der Waals surface area contributed by atoms with Crippen molar-refractivity contribution >= 4 is 20.1 Å². The van der Waals surface area contributed by atoms with E-state index in [0.29, 0.717) is 42.2 Å². The molecule has 2 aliphatic rings. The van der Waals surface area contributed by atoms with Crippen LogP contribution in [0, 0.1) is 6.92 Å². The van der Waals surface area contributed by atoms with Crippen molar-refractivity contribution in [1.82, 2.24) is 15.1 Å². The van der Waals surface area contributed by atoms with Crippen molar-refractivity contribution in [3.05, 3.63) is 52.6 Å². The van der Waals surface area contributed by atoms with E-state index in [1.54, 1.807) is 24.0 Å². The van der Waals surface area contributed by atoms with Gasteiger partial charge in [0.05, 0.1) is 52.7 Å². The van der Waals surface area contributed by atoms with E-state index in [2.05, 4.69) is 39.2 Å². The lowest BCUT2D eigenvalue weighted by Crippen LogP contribution is -2.70. The van der Waals surface area contributed by atoms with Crippen LogP contribution in [-0.2, 0) is 25.4 Å². The van der Waals surface area contributed by atoms with Gasteiger partial charge in [0.2, 0.25) is 11.8 Å². The number of amides is 2. The standard InChI is InChI=1S/C32H47N3O7Si/c1-20-29(39-6)25-24(28(37)30(20)40-7)22(19-41-18-21-13-11-10-12-14-21)35(23(36)17-33-5)27-26(25)34(31(27)38)15-16-42-43(8,9)32(2,3)4/h10-14,22,26-27,33,37H,15-19H2,1-9H3/t22-,26+,27-/m0/s1. The number of ether oxygens (including phenoxy) is 3. The number of phenolic OH excluding ortho intramolecular Hbond substituents is 1. The Morgan fingerprint density at radius 2 is 1.70 bits per heavy atom. The monoisotopic (exact) mass is 613 g/mol. The Morgan fingerprint density at radius 3 is 2.28 bits per heavy atom. The Labute approximate surface area is 256 Å². The van der Waals surface area contributed by atoms with Crippen molar-refractivity contribution in [2.75, 3.05) is 47.6 Å². The first-order valence-electron chi connectivity index (χ1n) is 14.8. The minimum atomic E-state index is -2.05. The number of benzene rings is 2. The highest BCUT2D eigenvalue weighted by Gasteiger charge is 2.60. The summed E-state index contributed by atoms with van der Waals surface area (Å²) in [6.45, 7) is 13.8. The molecular weight excluding hydrogens is 566 g/mol. The zero-order valence-corrected chi connectivity index (χ0v) is 27.9. The summed E-state index contributed by atoms with van der Waals surface area (Å²) in [4.78, 5) is 30.9. The number of carbonyl (C=O) groups excluding carboxylic acids is 2. The molecule has 2 aliphatic heterocycles. The lowest BCUT2D eigenvalue weighted by Gasteiger charge is -2.57. The van der Waals surface area contributed by atoms with Gasteiger partial charge in [-0.3, -0.25) is 9.59 Å². The third-order valence-electron chi connectivity index (χ3n) is 9.13. The first kappa shape index (κ1) is 32.8. The van der Waals surface area contributed by atoms with E-state index in [4.69, 9.17) is 18.6 Å². The van der Waals surface area contributed by atoms with Crippen molar-refractivity contribution in [3.63, 3.8) is 0 Å². The molecule has 1 fully saturated rings. The highest BCUT2D eigenvalue weighted by Crippen LogP contribution is 2.57. The highest BCUT2D eigenvalue weighted by molar-refractivity contribution is 6.74. The molecule has 0 saturated carbocycles. The Kier molecular flexibility index (Phi) is 9.80. The first-order valence-corrected chi connectivity index (χ1v) is 17.7. The second-order valence-electron chi connectivity index (χ2n) is 12.7. The van der Waals surface area contributed by atoms with E-state index in [-0.39, 0.29) is 41.5 Å². The summed E-state index contributed by atoms with van der Waals surface area (Å²) >= 11 is 0. The summed E-state index contributed by atoms with van der Waals surface area (Å²) in [5.41, 5.74) is 2.74. The quantitative estimate of drug-likeness (QED) is 0.269. The second kappa shape index (κ2) is 12.9. The number of aromatic hydroxyl groups is 1. The van der Waals surface area contributed by atoms with Gasteiger partial charge in [-0.25, -0.2) is 0 Å². The van der Waals surface area contributed by atoms with Crippen LogP contribution in [0.5, 0.6) is 17.2 Å². The van der Waals surface area contributed by atoms with Gasteiger partial charge in [-0.1, -0.05) is 51.1 Å². The van der Waals surface area contributed by atoms with E-state index in [1.807, 2.05) is 37.3 Å². The van der Waals surface area contributed by atoms with Crippen LogP contribution >= 0.6 is 0 Å². The number of carbonyl (C=O) groups is 2. The maximum atomic E-state index is 13.9. The van der Waals surface area contributed by atoms with Crippen molar-refractivity contribution in [1.29, 1.82) is 0 Å². The number of fused-ring (bicyclic) bond motifs is 3. The molecule has 2 amide bonds. The average molecular weight is 614 g/mol. The SMILES string of the molecule is CNCC(=O)N1[C@@H]2C(=O)N(CCO[Si](C)(C)C(C)(C)C)[C@@H]2c2c(OC)c(C)c(OC)c(O)c2[C@@H]1COCc1ccccc1. The van der Waals surface area contributed by atoms with Gasteiger partial charge in [0.1, 0.15) is 11.8 Å². The number of hydrogen-bond acceptors (Lipinski definition) is 8. The molecule has 43 heavy (non-hydrogen) atoms. The molecule has 0 radical (unpaired) electrons. The molecule has 2 aromatic rings. The van der Waals surface area contributed by atoms with Crippen LogP contribution in [0.1, 0.15) is 55.1 Å². The van der Waals surface area contributed by atoms with Gasteiger partial charge in [0.25, 0.3) is 0 Å². The van der Waals surface area contributed by atoms with Crippen molar-refractivity contribution in [3.8, 4) is 17.2 Å². The van der Waals surface area contributed by atoms with E-state index in [9.17, 15) is 14.7 Å². The van der Waals surface area contributed by atoms with Gasteiger partial charge in [-0.2, -0.15) is 0 Å². The maximum absolute atomic E-state index is 13.9. The van der Waals surface area contributed by atoms with Gasteiger partial charge in [-0.15, -0.1) is 0 Å². The number of nitrogens with zero attached hydrogens (tertiary/aromatic N) is 2. The zero-order valence-electron chi connectivity index (χ0n) is 26.9. The minimum absolute atomic E-state index is 0.0242. The van der Waals surface area contributed by atoms with Crippen LogP contribution in [0.15, 0.2) is 30.3 Å². The maximum Gasteiger partial charge on any atom is 0.248 e. The van der Waals surface area contributed by atoms with Crippen LogP contribution in [-0.4, -0.2) is 88.7 Å². The predicted molar refractivity (Wildman–Crippen MR) is 167 cm³/mol. The molecule has 1 saturated heterocycles. The molecule has 2 heterocycles. The van der Waals surface area contributed by atoms with Crippen molar-refractivity contribution in [2.24, 2.45) is 0 Å². The van der Waals surface area contributed by atoms with Crippen LogP contribution in [0.2, 0.25) is 18.1 Å². The third-order valence-corrected chi connectivity index (χ3v) is 13.7. The molecule has 4 rings (SSSR count). The third kappa shape index (κ3) is 6.00. The number of rotatable bonds is 12. The van der Waals surface area contributed by atoms with E-state index in [1.165, 1.54) is 7.11 Å². The predicted octanol–water partition coefficient (Wildman–Crippen LogP) is 4.31. The molecule has 0 spiro atoms. The van der Waals surface area contributed by atoms with Crippen LogP contribution in [0.25, 0.3) is 0 Å². The average Bonchev–Trinajstić information content (AvgIpc) is 2.95. The van der Waals surface area contributed by atoms with Crippen LogP contribution in [0.4, 0.5) is 0 Å². The van der Waals surface area contributed by atoms with Crippen molar-refractivity contribution < 1.29 is 33.3 Å². The zero-order chi connectivity index (χ0) is 31.7. The van der Waals surface area contributed by atoms with Gasteiger partial charge in [0, 0.05) is 23.2 Å². The Bertz CT molecular complexity index is 1330. The van der Waals surface area contributed by atoms with Gasteiger partial charge < -0.3 is 38.9 Å². The lowest BCUT2D eigenvalue weighted by atomic mass is 9.75. The number of nitrogens with one attached hydrogen (secondary N) is 1. The molecule has 0 aliphatic carbocycles. The fraction of sp³-hybridized carbons (Fsp3) is 0.562. The highest BCUT2D eigenvalue weighted by atomic mass is 28.4. The number of methoxy groups -OCH3 is 2. The molecule has 0 bridgehead atoms. The molecule has 11 heteroatoms. The molecule has 2 N–H and O–H groups in total. The van der Waals surface area contributed by atoms with Crippen molar-refractivity contribution in [2.45, 2.75) is 70.6 Å². The normalized spacial score (nSPS) is 19.9. The minimum Gasteiger partial charge on any atom is -0.504 e. The molecule has 10 nitrogen and oxygen atoms in total. The Morgan fingerprint density at radius 1 is 1.05 bits per heavy atom. The van der Waals surface area contributed by atoms with Gasteiger partial charge >= 0.3 is 0 Å². The first-order chi connectivity index (χ1) is 20.3. The summed E-state index contributed by atoms with van der Waals surface area (Å²) in [5.74, 6) is 0.279. The smallest absolute Gasteiger partial charge is 0.248 e.